The van der Waals surface area contributed by atoms with Crippen LogP contribution in [0, 0.1) is 0 Å². The van der Waals surface area contributed by atoms with Gasteiger partial charge in [0.1, 0.15) is 11.5 Å². The van der Waals surface area contributed by atoms with Gasteiger partial charge in [-0.05, 0) is 61.4 Å². The van der Waals surface area contributed by atoms with E-state index >= 15 is 0 Å². The minimum Gasteiger partial charge on any atom is -0.427 e. The summed E-state index contributed by atoms with van der Waals surface area (Å²) in [4.78, 5) is 35.5. The Balaban J connectivity index is 2.02. The summed E-state index contributed by atoms with van der Waals surface area (Å²) in [6.45, 7) is 3.80. The molecule has 2 rings (SSSR count). The molecule has 136 valence electrons. The van der Waals surface area contributed by atoms with Crippen LogP contribution in [0.15, 0.2) is 48.5 Å². The van der Waals surface area contributed by atoms with Gasteiger partial charge in [0.25, 0.3) is 0 Å². The first-order chi connectivity index (χ1) is 12.5. The molecule has 0 aliphatic heterocycles. The highest BCUT2D eigenvalue weighted by Crippen LogP contribution is 2.19. The number of carbonyl (C=O) groups excluding carboxylic acids is 3. The van der Waals surface area contributed by atoms with Gasteiger partial charge >= 0.3 is 11.9 Å². The Morgan fingerprint density at radius 1 is 0.654 bits per heavy atom. The molecule has 0 atom stereocenters. The average Bonchev–Trinajstić information content (AvgIpc) is 2.63. The van der Waals surface area contributed by atoms with Crippen LogP contribution in [0.1, 0.15) is 55.5 Å². The quantitative estimate of drug-likeness (QED) is 0.401. The van der Waals surface area contributed by atoms with Crippen LogP contribution >= 0.6 is 0 Å². The van der Waals surface area contributed by atoms with E-state index in [4.69, 9.17) is 9.47 Å². The molecule has 0 aromatic heterocycles. The third-order valence-electron chi connectivity index (χ3n) is 3.60. The second kappa shape index (κ2) is 9.51. The second-order valence-electron chi connectivity index (χ2n) is 5.83. The zero-order chi connectivity index (χ0) is 18.9. The van der Waals surface area contributed by atoms with E-state index in [1.807, 2.05) is 13.8 Å². The molecule has 0 bridgehead atoms. The summed E-state index contributed by atoms with van der Waals surface area (Å²) in [6.07, 6.45) is 2.16. The van der Waals surface area contributed by atoms with Gasteiger partial charge in [-0.3, -0.25) is 14.4 Å². The summed E-state index contributed by atoms with van der Waals surface area (Å²) in [5.74, 6) is 0.0822. The molecule has 0 N–H and O–H groups in total. The molecule has 0 saturated heterocycles. The molecule has 0 spiro atoms. The SMILES string of the molecule is CCCC(=O)Oc1ccc(C(=O)c2ccc(OC(=O)CCC)cc2)cc1. The normalized spacial score (nSPS) is 10.2. The molecular weight excluding hydrogens is 332 g/mol. The predicted octanol–water partition coefficient (Wildman–Crippen LogP) is 4.33. The predicted molar refractivity (Wildman–Crippen MR) is 97.4 cm³/mol. The summed E-state index contributed by atoms with van der Waals surface area (Å²) in [6, 6.07) is 12.9. The number of ketones is 1. The maximum atomic E-state index is 12.5. The van der Waals surface area contributed by atoms with Crippen molar-refractivity contribution in [3.05, 3.63) is 59.7 Å². The molecule has 2 aromatic carbocycles. The molecule has 5 nitrogen and oxygen atoms in total. The Hall–Kier alpha value is -2.95. The minimum absolute atomic E-state index is 0.164. The number of hydrogen-bond acceptors (Lipinski definition) is 5. The van der Waals surface area contributed by atoms with Gasteiger partial charge in [-0.1, -0.05) is 13.8 Å². The van der Waals surface area contributed by atoms with E-state index in [1.165, 1.54) is 0 Å². The Labute approximate surface area is 152 Å². The fourth-order valence-corrected chi connectivity index (χ4v) is 2.29. The summed E-state index contributed by atoms with van der Waals surface area (Å²) >= 11 is 0. The molecule has 5 heteroatoms. The van der Waals surface area contributed by atoms with Gasteiger partial charge < -0.3 is 9.47 Å². The van der Waals surface area contributed by atoms with Crippen molar-refractivity contribution in [3.63, 3.8) is 0 Å². The molecule has 26 heavy (non-hydrogen) atoms. The number of carbonyl (C=O) groups is 3. The summed E-state index contributed by atoms with van der Waals surface area (Å²) in [5.41, 5.74) is 0.965. The lowest BCUT2D eigenvalue weighted by atomic mass is 10.0. The van der Waals surface area contributed by atoms with Crippen molar-refractivity contribution in [2.45, 2.75) is 39.5 Å². The lowest BCUT2D eigenvalue weighted by molar-refractivity contribution is -0.135. The molecule has 0 unspecified atom stereocenters. The summed E-state index contributed by atoms with van der Waals surface area (Å²) in [5, 5.41) is 0. The van der Waals surface area contributed by atoms with Crippen LogP contribution in [-0.2, 0) is 9.59 Å². The van der Waals surface area contributed by atoms with Gasteiger partial charge in [0.05, 0.1) is 0 Å². The Morgan fingerprint density at radius 3 is 1.31 bits per heavy atom. The van der Waals surface area contributed by atoms with Crippen LogP contribution in [0.3, 0.4) is 0 Å². The molecule has 0 amide bonds. The van der Waals surface area contributed by atoms with Crippen molar-refractivity contribution >= 4 is 17.7 Å². The zero-order valence-corrected chi connectivity index (χ0v) is 15.0. The van der Waals surface area contributed by atoms with Crippen LogP contribution in [0.5, 0.6) is 11.5 Å². The number of hydrogen-bond donors (Lipinski definition) is 0. The van der Waals surface area contributed by atoms with Gasteiger partial charge in [-0.25, -0.2) is 0 Å². The van der Waals surface area contributed by atoms with Gasteiger partial charge in [-0.2, -0.15) is 0 Å². The molecule has 0 heterocycles. The van der Waals surface area contributed by atoms with Crippen molar-refractivity contribution < 1.29 is 23.9 Å². The third kappa shape index (κ3) is 5.55. The maximum Gasteiger partial charge on any atom is 0.311 e. The largest absolute Gasteiger partial charge is 0.427 e. The van der Waals surface area contributed by atoms with Crippen LogP contribution in [0.4, 0.5) is 0 Å². The van der Waals surface area contributed by atoms with Crippen molar-refractivity contribution in [2.75, 3.05) is 0 Å². The average molecular weight is 354 g/mol. The van der Waals surface area contributed by atoms with Crippen LogP contribution in [-0.4, -0.2) is 17.7 Å². The van der Waals surface area contributed by atoms with Crippen LogP contribution < -0.4 is 9.47 Å². The number of rotatable bonds is 8. The first-order valence-electron chi connectivity index (χ1n) is 8.69. The lowest BCUT2D eigenvalue weighted by Crippen LogP contribution is -2.08. The van der Waals surface area contributed by atoms with Gasteiger partial charge in [0, 0.05) is 24.0 Å². The summed E-state index contributed by atoms with van der Waals surface area (Å²) in [7, 11) is 0. The number of esters is 2. The Kier molecular flexibility index (Phi) is 7.09. The maximum absolute atomic E-state index is 12.5. The molecule has 0 fully saturated rings. The van der Waals surface area contributed by atoms with Crippen molar-refractivity contribution in [3.8, 4) is 11.5 Å². The Bertz CT molecular complexity index is 694. The van der Waals surface area contributed by atoms with Crippen LogP contribution in [0.2, 0.25) is 0 Å². The first kappa shape index (κ1) is 19.4. The van der Waals surface area contributed by atoms with Crippen molar-refractivity contribution in [2.24, 2.45) is 0 Å². The molecule has 0 radical (unpaired) electrons. The zero-order valence-electron chi connectivity index (χ0n) is 15.0. The van der Waals surface area contributed by atoms with E-state index < -0.39 is 0 Å². The minimum atomic E-state index is -0.292. The molecule has 0 saturated carbocycles. The van der Waals surface area contributed by atoms with Gasteiger partial charge in [0.2, 0.25) is 0 Å². The number of benzene rings is 2. The van der Waals surface area contributed by atoms with Gasteiger partial charge in [0.15, 0.2) is 5.78 Å². The topological polar surface area (TPSA) is 69.7 Å². The second-order valence-corrected chi connectivity index (χ2v) is 5.83. The molecule has 0 aliphatic carbocycles. The Morgan fingerprint density at radius 2 is 1.00 bits per heavy atom. The first-order valence-corrected chi connectivity index (χ1v) is 8.69. The van der Waals surface area contributed by atoms with E-state index in [0.29, 0.717) is 35.5 Å². The third-order valence-corrected chi connectivity index (χ3v) is 3.60. The number of ether oxygens (including phenoxy) is 2. The molecule has 2 aromatic rings. The highest BCUT2D eigenvalue weighted by atomic mass is 16.5. The van der Waals surface area contributed by atoms with E-state index in [0.717, 1.165) is 12.8 Å². The molecular formula is C21H22O5. The highest BCUT2D eigenvalue weighted by molar-refractivity contribution is 6.09. The smallest absolute Gasteiger partial charge is 0.311 e. The van der Waals surface area contributed by atoms with Crippen LogP contribution in [0.25, 0.3) is 0 Å². The highest BCUT2D eigenvalue weighted by Gasteiger charge is 2.11. The fourth-order valence-electron chi connectivity index (χ4n) is 2.29. The van der Waals surface area contributed by atoms with E-state index in [9.17, 15) is 14.4 Å². The fraction of sp³-hybridized carbons (Fsp3) is 0.286. The van der Waals surface area contributed by atoms with Crippen molar-refractivity contribution in [1.82, 2.24) is 0 Å². The van der Waals surface area contributed by atoms with Crippen molar-refractivity contribution in [1.29, 1.82) is 0 Å². The summed E-state index contributed by atoms with van der Waals surface area (Å²) < 4.78 is 10.3. The van der Waals surface area contributed by atoms with E-state index in [1.54, 1.807) is 48.5 Å². The lowest BCUT2D eigenvalue weighted by Gasteiger charge is -2.06. The molecule has 0 aliphatic rings. The van der Waals surface area contributed by atoms with E-state index in [-0.39, 0.29) is 17.7 Å². The standard InChI is InChI=1S/C21H22O5/c1-3-5-19(22)25-17-11-7-15(8-12-17)21(24)16-9-13-18(14-10-16)26-20(23)6-4-2/h7-14H,3-6H2,1-2H3. The van der Waals surface area contributed by atoms with Gasteiger partial charge in [-0.15, -0.1) is 0 Å². The van der Waals surface area contributed by atoms with E-state index in [2.05, 4.69) is 0 Å². The monoisotopic (exact) mass is 354 g/mol.